The first-order valence-corrected chi connectivity index (χ1v) is 9.91. The number of hydrogen-bond acceptors (Lipinski definition) is 4. The Morgan fingerprint density at radius 2 is 1.57 bits per heavy atom. The van der Waals surface area contributed by atoms with Gasteiger partial charge in [0.25, 0.3) is 0 Å². The molecule has 2 aromatic carbocycles. The van der Waals surface area contributed by atoms with Gasteiger partial charge in [0.2, 0.25) is 0 Å². The van der Waals surface area contributed by atoms with Gasteiger partial charge in [-0.25, -0.2) is 4.68 Å². The highest BCUT2D eigenvalue weighted by atomic mass is 35.5. The Kier molecular flexibility index (Phi) is 5.35. The van der Waals surface area contributed by atoms with Crippen LogP contribution in [0.2, 0.25) is 5.15 Å². The molecule has 1 aliphatic rings. The van der Waals surface area contributed by atoms with Gasteiger partial charge >= 0.3 is 0 Å². The number of piperazine rings is 1. The molecule has 5 nitrogen and oxygen atoms in total. The molecule has 1 aromatic heterocycles. The average molecular weight is 394 g/mol. The van der Waals surface area contributed by atoms with Gasteiger partial charge in [-0.1, -0.05) is 47.5 Å². The Hall–Kier alpha value is -2.79. The van der Waals surface area contributed by atoms with E-state index in [0.29, 0.717) is 5.15 Å². The number of rotatable bonds is 4. The summed E-state index contributed by atoms with van der Waals surface area (Å²) in [6.45, 7) is 7.75. The van der Waals surface area contributed by atoms with Gasteiger partial charge in [0.15, 0.2) is 0 Å². The van der Waals surface area contributed by atoms with Gasteiger partial charge in [0.1, 0.15) is 5.15 Å². The zero-order valence-corrected chi connectivity index (χ0v) is 17.0. The first-order valence-electron chi connectivity index (χ1n) is 9.53. The monoisotopic (exact) mass is 393 g/mol. The maximum atomic E-state index is 6.58. The number of para-hydroxylation sites is 1. The van der Waals surface area contributed by atoms with Crippen LogP contribution in [0.4, 0.5) is 5.69 Å². The van der Waals surface area contributed by atoms with E-state index < -0.39 is 0 Å². The second-order valence-corrected chi connectivity index (χ2v) is 7.42. The van der Waals surface area contributed by atoms with Crippen LogP contribution in [-0.4, -0.2) is 47.2 Å². The highest BCUT2D eigenvalue weighted by Crippen LogP contribution is 2.22. The first-order chi connectivity index (χ1) is 13.6. The van der Waals surface area contributed by atoms with E-state index in [4.69, 9.17) is 11.6 Å². The fraction of sp³-hybridized carbons (Fsp3) is 0.273. The third kappa shape index (κ3) is 3.90. The number of hydrazone groups is 1. The average Bonchev–Trinajstić information content (AvgIpc) is 3.02. The van der Waals surface area contributed by atoms with Crippen molar-refractivity contribution < 1.29 is 0 Å². The van der Waals surface area contributed by atoms with Crippen LogP contribution in [-0.2, 0) is 0 Å². The van der Waals surface area contributed by atoms with Crippen LogP contribution < -0.4 is 4.90 Å². The van der Waals surface area contributed by atoms with E-state index in [0.717, 1.165) is 43.1 Å². The largest absolute Gasteiger partial charge is 0.368 e. The third-order valence-corrected chi connectivity index (χ3v) is 5.42. The third-order valence-electron chi connectivity index (χ3n) is 5.05. The van der Waals surface area contributed by atoms with Crippen LogP contribution in [0.15, 0.2) is 59.7 Å². The molecule has 0 unspecified atom stereocenters. The minimum atomic E-state index is 0.589. The van der Waals surface area contributed by atoms with Crippen molar-refractivity contribution in [1.29, 1.82) is 0 Å². The fourth-order valence-corrected chi connectivity index (χ4v) is 3.68. The summed E-state index contributed by atoms with van der Waals surface area (Å²) < 4.78 is 1.76. The SMILES string of the molecule is Cc1ccc(N2CCN(/N=C/c3c(C)nn(-c4ccccc4)c3Cl)CC2)cc1. The topological polar surface area (TPSA) is 36.7 Å². The predicted molar refractivity (Wildman–Crippen MR) is 116 cm³/mol. The van der Waals surface area contributed by atoms with Gasteiger partial charge in [-0.2, -0.15) is 10.2 Å². The van der Waals surface area contributed by atoms with Crippen LogP contribution in [0.3, 0.4) is 0 Å². The molecular formula is C22H24ClN5. The minimum Gasteiger partial charge on any atom is -0.368 e. The molecule has 0 bridgehead atoms. The lowest BCUT2D eigenvalue weighted by Gasteiger charge is -2.34. The number of benzene rings is 2. The Labute approximate surface area is 170 Å². The number of hydrogen-bond donors (Lipinski definition) is 0. The van der Waals surface area contributed by atoms with Crippen molar-refractivity contribution in [2.45, 2.75) is 13.8 Å². The van der Waals surface area contributed by atoms with Crippen molar-refractivity contribution in [2.75, 3.05) is 31.1 Å². The van der Waals surface area contributed by atoms with Gasteiger partial charge in [0, 0.05) is 18.8 Å². The predicted octanol–water partition coefficient (Wildman–Crippen LogP) is 4.30. The molecule has 0 saturated carbocycles. The summed E-state index contributed by atoms with van der Waals surface area (Å²) in [4.78, 5) is 2.40. The van der Waals surface area contributed by atoms with Crippen molar-refractivity contribution in [2.24, 2.45) is 5.10 Å². The molecule has 3 aromatic rings. The molecule has 1 saturated heterocycles. The Balaban J connectivity index is 1.43. The summed E-state index contributed by atoms with van der Waals surface area (Å²) in [5, 5.41) is 11.9. The van der Waals surface area contributed by atoms with Crippen LogP contribution in [0, 0.1) is 13.8 Å². The maximum Gasteiger partial charge on any atom is 0.142 e. The molecule has 28 heavy (non-hydrogen) atoms. The Morgan fingerprint density at radius 1 is 0.893 bits per heavy atom. The molecule has 1 fully saturated rings. The van der Waals surface area contributed by atoms with Crippen molar-refractivity contribution in [3.8, 4) is 5.69 Å². The smallest absolute Gasteiger partial charge is 0.142 e. The number of aryl methyl sites for hydroxylation is 2. The Bertz CT molecular complexity index is 955. The van der Waals surface area contributed by atoms with E-state index in [2.05, 4.69) is 51.3 Å². The van der Waals surface area contributed by atoms with Crippen molar-refractivity contribution in [3.63, 3.8) is 0 Å². The molecule has 0 radical (unpaired) electrons. The van der Waals surface area contributed by atoms with E-state index >= 15 is 0 Å². The summed E-state index contributed by atoms with van der Waals surface area (Å²) in [5.41, 5.74) is 5.25. The molecule has 0 spiro atoms. The zero-order chi connectivity index (χ0) is 19.5. The lowest BCUT2D eigenvalue weighted by Crippen LogP contribution is -2.44. The number of nitrogens with zero attached hydrogens (tertiary/aromatic N) is 5. The van der Waals surface area contributed by atoms with Crippen LogP contribution in [0.5, 0.6) is 0 Å². The molecule has 4 rings (SSSR count). The standard InChI is InChI=1S/C22H24ClN5/c1-17-8-10-19(11-9-17)26-12-14-27(15-13-26)24-16-21-18(2)25-28(22(21)23)20-6-4-3-5-7-20/h3-11,16H,12-15H2,1-2H3/b24-16+. The lowest BCUT2D eigenvalue weighted by atomic mass is 10.2. The normalized spacial score (nSPS) is 14.8. The van der Waals surface area contributed by atoms with Crippen molar-refractivity contribution in [1.82, 2.24) is 14.8 Å². The second kappa shape index (κ2) is 8.07. The van der Waals surface area contributed by atoms with E-state index in [1.807, 2.05) is 43.5 Å². The fourth-order valence-electron chi connectivity index (χ4n) is 3.36. The Morgan fingerprint density at radius 3 is 2.25 bits per heavy atom. The first kappa shape index (κ1) is 18.6. The molecule has 1 aliphatic heterocycles. The van der Waals surface area contributed by atoms with Gasteiger partial charge < -0.3 is 4.90 Å². The maximum absolute atomic E-state index is 6.58. The summed E-state index contributed by atoms with van der Waals surface area (Å²) >= 11 is 6.58. The number of anilines is 1. The molecule has 0 aliphatic carbocycles. The van der Waals surface area contributed by atoms with Crippen molar-refractivity contribution in [3.05, 3.63) is 76.6 Å². The van der Waals surface area contributed by atoms with Crippen LogP contribution in [0.1, 0.15) is 16.8 Å². The molecule has 144 valence electrons. The van der Waals surface area contributed by atoms with Crippen LogP contribution >= 0.6 is 11.6 Å². The highest BCUT2D eigenvalue weighted by Gasteiger charge is 2.17. The molecule has 2 heterocycles. The summed E-state index contributed by atoms with van der Waals surface area (Å²) in [5.74, 6) is 0. The van der Waals surface area contributed by atoms with E-state index in [1.165, 1.54) is 11.3 Å². The number of halogens is 1. The summed E-state index contributed by atoms with van der Waals surface area (Å²) in [6.07, 6.45) is 1.84. The minimum absolute atomic E-state index is 0.589. The van der Waals surface area contributed by atoms with Gasteiger partial charge in [-0.15, -0.1) is 0 Å². The summed E-state index contributed by atoms with van der Waals surface area (Å²) in [7, 11) is 0. The second-order valence-electron chi connectivity index (χ2n) is 7.06. The van der Waals surface area contributed by atoms with Crippen LogP contribution in [0.25, 0.3) is 5.69 Å². The van der Waals surface area contributed by atoms with E-state index in [-0.39, 0.29) is 0 Å². The highest BCUT2D eigenvalue weighted by molar-refractivity contribution is 6.32. The number of aromatic nitrogens is 2. The molecule has 0 amide bonds. The molecule has 0 N–H and O–H groups in total. The quantitative estimate of drug-likeness (QED) is 0.620. The molecule has 0 atom stereocenters. The summed E-state index contributed by atoms with van der Waals surface area (Å²) in [6, 6.07) is 18.6. The molecule has 6 heteroatoms. The van der Waals surface area contributed by atoms with Gasteiger partial charge in [0.05, 0.1) is 36.2 Å². The van der Waals surface area contributed by atoms with Crippen molar-refractivity contribution >= 4 is 23.5 Å². The van der Waals surface area contributed by atoms with Gasteiger partial charge in [-0.3, -0.25) is 5.01 Å². The lowest BCUT2D eigenvalue weighted by molar-refractivity contribution is 0.272. The zero-order valence-electron chi connectivity index (χ0n) is 16.2. The van der Waals surface area contributed by atoms with Gasteiger partial charge in [-0.05, 0) is 38.1 Å². The molecular weight excluding hydrogens is 370 g/mol. The van der Waals surface area contributed by atoms with E-state index in [1.54, 1.807) is 4.68 Å². The van der Waals surface area contributed by atoms with E-state index in [9.17, 15) is 0 Å².